The molecule has 1 atom stereocenters. The maximum atomic E-state index is 13.1. The molecule has 0 radical (unpaired) electrons. The Labute approximate surface area is 157 Å². The third-order valence-corrected chi connectivity index (χ3v) is 5.17. The molecule has 3 aromatic rings. The van der Waals surface area contributed by atoms with Crippen LogP contribution in [-0.2, 0) is 6.42 Å². The molecule has 1 amide bonds. The average molecular weight is 367 g/mol. The second kappa shape index (κ2) is 6.96. The van der Waals surface area contributed by atoms with Gasteiger partial charge in [0.15, 0.2) is 0 Å². The van der Waals surface area contributed by atoms with Gasteiger partial charge in [0.05, 0.1) is 5.52 Å². The summed E-state index contributed by atoms with van der Waals surface area (Å²) < 4.78 is 0. The minimum absolute atomic E-state index is 0.104. The van der Waals surface area contributed by atoms with E-state index >= 15 is 0 Å². The number of benzene rings is 2. The summed E-state index contributed by atoms with van der Waals surface area (Å²) in [7, 11) is 0. The summed E-state index contributed by atoms with van der Waals surface area (Å²) in [5, 5.41) is 11.8. The highest BCUT2D eigenvalue weighted by atomic mass is 35.5. The van der Waals surface area contributed by atoms with Crippen molar-refractivity contribution >= 4 is 28.4 Å². The number of carbonyl (C=O) groups is 1. The zero-order valence-corrected chi connectivity index (χ0v) is 15.0. The maximum Gasteiger partial charge on any atom is 0.259 e. The van der Waals surface area contributed by atoms with Crippen molar-refractivity contribution in [2.45, 2.75) is 25.3 Å². The third-order valence-electron chi connectivity index (χ3n) is 4.93. The van der Waals surface area contributed by atoms with Gasteiger partial charge in [-0.15, -0.1) is 0 Å². The van der Waals surface area contributed by atoms with Crippen molar-refractivity contribution in [2.75, 3.05) is 6.54 Å². The Morgan fingerprint density at radius 3 is 2.88 bits per heavy atom. The van der Waals surface area contributed by atoms with E-state index in [1.807, 2.05) is 53.4 Å². The van der Waals surface area contributed by atoms with Crippen LogP contribution in [0, 0.1) is 0 Å². The van der Waals surface area contributed by atoms with E-state index < -0.39 is 0 Å². The van der Waals surface area contributed by atoms with Gasteiger partial charge < -0.3 is 10.0 Å². The summed E-state index contributed by atoms with van der Waals surface area (Å²) in [6, 6.07) is 17.1. The van der Waals surface area contributed by atoms with E-state index in [0.717, 1.165) is 30.2 Å². The Hall–Kier alpha value is -2.59. The Bertz CT molecular complexity index is 973. The number of pyridine rings is 1. The molecule has 4 nitrogen and oxygen atoms in total. The van der Waals surface area contributed by atoms with Crippen molar-refractivity contribution in [3.05, 3.63) is 70.7 Å². The fourth-order valence-corrected chi connectivity index (χ4v) is 3.88. The first-order valence-corrected chi connectivity index (χ1v) is 9.14. The van der Waals surface area contributed by atoms with Crippen molar-refractivity contribution in [1.82, 2.24) is 9.88 Å². The highest BCUT2D eigenvalue weighted by molar-refractivity contribution is 6.30. The second-order valence-corrected chi connectivity index (χ2v) is 7.12. The number of hydrogen-bond acceptors (Lipinski definition) is 3. The van der Waals surface area contributed by atoms with E-state index in [0.29, 0.717) is 17.1 Å². The molecule has 0 spiro atoms. The SMILES string of the molecule is O=C(c1cc2ccccc2nc1O)N1CCCC1Cc1cccc(Cl)c1. The zero-order chi connectivity index (χ0) is 18.1. The molecule has 0 saturated carbocycles. The molecule has 5 heteroatoms. The molecule has 0 aliphatic carbocycles. The van der Waals surface area contributed by atoms with E-state index in [1.54, 1.807) is 6.07 Å². The van der Waals surface area contributed by atoms with Gasteiger partial charge in [-0.2, -0.15) is 0 Å². The first kappa shape index (κ1) is 16.9. The number of aromatic hydroxyl groups is 1. The van der Waals surface area contributed by atoms with Crippen LogP contribution >= 0.6 is 11.6 Å². The number of halogens is 1. The van der Waals surface area contributed by atoms with Gasteiger partial charge in [0.25, 0.3) is 5.91 Å². The number of likely N-dealkylation sites (tertiary alicyclic amines) is 1. The monoisotopic (exact) mass is 366 g/mol. The van der Waals surface area contributed by atoms with Crippen molar-refractivity contribution in [3.63, 3.8) is 0 Å². The highest BCUT2D eigenvalue weighted by Crippen LogP contribution is 2.28. The molecule has 1 aliphatic rings. The fraction of sp³-hybridized carbons (Fsp3) is 0.238. The van der Waals surface area contributed by atoms with Crippen LogP contribution in [0.3, 0.4) is 0 Å². The van der Waals surface area contributed by atoms with E-state index in [1.165, 1.54) is 0 Å². The van der Waals surface area contributed by atoms with E-state index in [2.05, 4.69) is 4.98 Å². The van der Waals surface area contributed by atoms with Gasteiger partial charge in [-0.1, -0.05) is 41.9 Å². The molecular formula is C21H19ClN2O2. The molecule has 0 bridgehead atoms. The molecule has 1 aliphatic heterocycles. The van der Waals surface area contributed by atoms with E-state index in [4.69, 9.17) is 11.6 Å². The Morgan fingerprint density at radius 2 is 2.04 bits per heavy atom. The summed E-state index contributed by atoms with van der Waals surface area (Å²) in [4.78, 5) is 19.1. The standard InChI is InChI=1S/C21H19ClN2O2/c22-16-7-3-5-14(11-16)12-17-8-4-10-24(17)21(26)18-13-15-6-1-2-9-19(15)23-20(18)25/h1-3,5-7,9,11,13,17H,4,8,10,12H2,(H,23,25). The Morgan fingerprint density at radius 1 is 1.19 bits per heavy atom. The van der Waals surface area contributed by atoms with Crippen molar-refractivity contribution < 1.29 is 9.90 Å². The number of fused-ring (bicyclic) bond motifs is 1. The first-order valence-electron chi connectivity index (χ1n) is 8.76. The van der Waals surface area contributed by atoms with Crippen LogP contribution in [0.15, 0.2) is 54.6 Å². The van der Waals surface area contributed by atoms with Crippen molar-refractivity contribution in [1.29, 1.82) is 0 Å². The number of hydrogen-bond donors (Lipinski definition) is 1. The van der Waals surface area contributed by atoms with Gasteiger partial charge in [0.1, 0.15) is 5.56 Å². The predicted molar refractivity (Wildman–Crippen MR) is 103 cm³/mol. The molecular weight excluding hydrogens is 348 g/mol. The van der Waals surface area contributed by atoms with Crippen molar-refractivity contribution in [2.24, 2.45) is 0 Å². The number of aromatic nitrogens is 1. The topological polar surface area (TPSA) is 53.4 Å². The number of carbonyl (C=O) groups excluding carboxylic acids is 1. The lowest BCUT2D eigenvalue weighted by Crippen LogP contribution is -2.37. The minimum atomic E-state index is -0.206. The number of para-hydroxylation sites is 1. The summed E-state index contributed by atoms with van der Waals surface area (Å²) in [5.74, 6) is -0.368. The highest BCUT2D eigenvalue weighted by Gasteiger charge is 2.31. The molecule has 4 rings (SSSR count). The third kappa shape index (κ3) is 3.25. The fourth-order valence-electron chi connectivity index (χ4n) is 3.67. The summed E-state index contributed by atoms with van der Waals surface area (Å²) >= 11 is 6.08. The van der Waals surface area contributed by atoms with Gasteiger partial charge in [-0.05, 0) is 49.1 Å². The van der Waals surface area contributed by atoms with Gasteiger partial charge >= 0.3 is 0 Å². The molecule has 132 valence electrons. The lowest BCUT2D eigenvalue weighted by atomic mass is 10.0. The van der Waals surface area contributed by atoms with E-state index in [9.17, 15) is 9.90 Å². The molecule has 1 N–H and O–H groups in total. The largest absolute Gasteiger partial charge is 0.493 e. The van der Waals surface area contributed by atoms with Crippen LogP contribution in [0.25, 0.3) is 10.9 Å². The summed E-state index contributed by atoms with van der Waals surface area (Å²) in [5.41, 5.74) is 2.06. The lowest BCUT2D eigenvalue weighted by Gasteiger charge is -2.25. The molecule has 1 aromatic heterocycles. The quantitative estimate of drug-likeness (QED) is 0.745. The molecule has 1 fully saturated rings. The van der Waals surface area contributed by atoms with Crippen LogP contribution in [0.1, 0.15) is 28.8 Å². The van der Waals surface area contributed by atoms with Gasteiger partial charge in [0, 0.05) is 23.0 Å². The Balaban J connectivity index is 1.61. The lowest BCUT2D eigenvalue weighted by molar-refractivity contribution is 0.0733. The zero-order valence-electron chi connectivity index (χ0n) is 14.2. The molecule has 1 saturated heterocycles. The van der Waals surface area contributed by atoms with Crippen LogP contribution < -0.4 is 0 Å². The van der Waals surface area contributed by atoms with Crippen LogP contribution in [0.2, 0.25) is 5.02 Å². The second-order valence-electron chi connectivity index (χ2n) is 6.68. The van der Waals surface area contributed by atoms with Crippen LogP contribution in [-0.4, -0.2) is 33.5 Å². The minimum Gasteiger partial charge on any atom is -0.493 e. The number of nitrogens with zero attached hydrogens (tertiary/aromatic N) is 2. The van der Waals surface area contributed by atoms with Gasteiger partial charge in [-0.25, -0.2) is 4.98 Å². The van der Waals surface area contributed by atoms with Crippen LogP contribution in [0.5, 0.6) is 5.88 Å². The molecule has 2 aromatic carbocycles. The first-order chi connectivity index (χ1) is 12.6. The van der Waals surface area contributed by atoms with Gasteiger partial charge in [-0.3, -0.25) is 4.79 Å². The Kier molecular flexibility index (Phi) is 4.51. The van der Waals surface area contributed by atoms with Crippen molar-refractivity contribution in [3.8, 4) is 5.88 Å². The molecule has 26 heavy (non-hydrogen) atoms. The number of rotatable bonds is 3. The smallest absolute Gasteiger partial charge is 0.259 e. The normalized spacial score (nSPS) is 17.0. The summed E-state index contributed by atoms with van der Waals surface area (Å²) in [6.07, 6.45) is 2.66. The summed E-state index contributed by atoms with van der Waals surface area (Å²) in [6.45, 7) is 0.691. The van der Waals surface area contributed by atoms with Crippen LogP contribution in [0.4, 0.5) is 0 Å². The number of amides is 1. The molecule has 1 unspecified atom stereocenters. The average Bonchev–Trinajstić information content (AvgIpc) is 3.08. The van der Waals surface area contributed by atoms with E-state index in [-0.39, 0.29) is 23.4 Å². The predicted octanol–water partition coefficient (Wildman–Crippen LogP) is 4.44. The maximum absolute atomic E-state index is 13.1. The van der Waals surface area contributed by atoms with Gasteiger partial charge in [0.2, 0.25) is 5.88 Å². The molecule has 2 heterocycles.